The fourth-order valence-electron chi connectivity index (χ4n) is 2.55. The number of nitrogens with one attached hydrogen (secondary N) is 1. The maximum absolute atomic E-state index is 11.2. The number of hydrogen-bond acceptors (Lipinski definition) is 3. The average Bonchev–Trinajstić information content (AvgIpc) is 2.28. The second kappa shape index (κ2) is 3.74. The Morgan fingerprint density at radius 3 is 2.88 bits per heavy atom. The van der Waals surface area contributed by atoms with E-state index in [2.05, 4.69) is 5.32 Å². The standard InChI is InChI=1S/C13H15NO3/c15-8-13(4-1-5-13)9-2-3-10-11(6-9)17-7-12(16)14-10/h2-3,6,15H,1,4-5,7-8H2,(H,14,16). The Labute approximate surface area is 99.6 Å². The monoisotopic (exact) mass is 233 g/mol. The maximum atomic E-state index is 11.2. The number of carbonyl (C=O) groups is 1. The second-order valence-corrected chi connectivity index (χ2v) is 4.84. The number of ether oxygens (including phenoxy) is 1. The number of aliphatic hydroxyl groups excluding tert-OH is 1. The summed E-state index contributed by atoms with van der Waals surface area (Å²) < 4.78 is 5.39. The van der Waals surface area contributed by atoms with Crippen LogP contribution in [0.15, 0.2) is 18.2 Å². The van der Waals surface area contributed by atoms with E-state index in [-0.39, 0.29) is 24.5 Å². The van der Waals surface area contributed by atoms with E-state index in [0.29, 0.717) is 5.75 Å². The molecule has 0 aromatic heterocycles. The van der Waals surface area contributed by atoms with Gasteiger partial charge in [0.1, 0.15) is 5.75 Å². The maximum Gasteiger partial charge on any atom is 0.262 e. The van der Waals surface area contributed by atoms with Gasteiger partial charge < -0.3 is 15.2 Å². The second-order valence-electron chi connectivity index (χ2n) is 4.84. The Hall–Kier alpha value is -1.55. The number of benzene rings is 1. The van der Waals surface area contributed by atoms with Gasteiger partial charge in [-0.2, -0.15) is 0 Å². The van der Waals surface area contributed by atoms with E-state index < -0.39 is 0 Å². The van der Waals surface area contributed by atoms with Gasteiger partial charge in [-0.25, -0.2) is 0 Å². The van der Waals surface area contributed by atoms with Gasteiger partial charge in [0.25, 0.3) is 5.91 Å². The third-order valence-corrected chi connectivity index (χ3v) is 3.84. The molecule has 1 fully saturated rings. The van der Waals surface area contributed by atoms with Crippen LogP contribution in [0.2, 0.25) is 0 Å². The van der Waals surface area contributed by atoms with Gasteiger partial charge in [0.15, 0.2) is 6.61 Å². The molecule has 3 rings (SSSR count). The lowest BCUT2D eigenvalue weighted by atomic mass is 9.65. The molecule has 0 radical (unpaired) electrons. The molecule has 4 heteroatoms. The summed E-state index contributed by atoms with van der Waals surface area (Å²) >= 11 is 0. The fourth-order valence-corrected chi connectivity index (χ4v) is 2.55. The predicted molar refractivity (Wildman–Crippen MR) is 63.2 cm³/mol. The smallest absolute Gasteiger partial charge is 0.262 e. The molecule has 0 bridgehead atoms. The summed E-state index contributed by atoms with van der Waals surface area (Å²) in [7, 11) is 0. The first-order valence-corrected chi connectivity index (χ1v) is 5.92. The topological polar surface area (TPSA) is 58.6 Å². The molecule has 1 aromatic carbocycles. The van der Waals surface area contributed by atoms with E-state index in [1.807, 2.05) is 18.2 Å². The van der Waals surface area contributed by atoms with Crippen LogP contribution >= 0.6 is 0 Å². The van der Waals surface area contributed by atoms with Crippen LogP contribution in [0.25, 0.3) is 0 Å². The van der Waals surface area contributed by atoms with Gasteiger partial charge in [0.2, 0.25) is 0 Å². The Balaban J connectivity index is 1.96. The van der Waals surface area contributed by atoms with E-state index in [9.17, 15) is 9.90 Å². The van der Waals surface area contributed by atoms with Crippen molar-refractivity contribution in [1.29, 1.82) is 0 Å². The number of rotatable bonds is 2. The first-order chi connectivity index (χ1) is 8.23. The van der Waals surface area contributed by atoms with E-state index in [4.69, 9.17) is 4.74 Å². The predicted octanol–water partition coefficient (Wildman–Crippen LogP) is 1.43. The van der Waals surface area contributed by atoms with Crippen LogP contribution in [0.5, 0.6) is 5.75 Å². The molecule has 1 aromatic rings. The van der Waals surface area contributed by atoms with E-state index >= 15 is 0 Å². The highest BCUT2D eigenvalue weighted by Crippen LogP contribution is 2.45. The highest BCUT2D eigenvalue weighted by Gasteiger charge is 2.38. The van der Waals surface area contributed by atoms with Crippen LogP contribution < -0.4 is 10.1 Å². The van der Waals surface area contributed by atoms with Crippen molar-refractivity contribution in [1.82, 2.24) is 0 Å². The molecule has 17 heavy (non-hydrogen) atoms. The minimum Gasteiger partial charge on any atom is -0.482 e. The van der Waals surface area contributed by atoms with Gasteiger partial charge in [-0.05, 0) is 30.5 Å². The first kappa shape index (κ1) is 10.6. The van der Waals surface area contributed by atoms with Crippen molar-refractivity contribution in [3.63, 3.8) is 0 Å². The number of anilines is 1. The van der Waals surface area contributed by atoms with Crippen molar-refractivity contribution >= 4 is 11.6 Å². The number of hydrogen-bond donors (Lipinski definition) is 2. The molecular formula is C13H15NO3. The quantitative estimate of drug-likeness (QED) is 0.812. The molecule has 1 heterocycles. The van der Waals surface area contributed by atoms with Gasteiger partial charge >= 0.3 is 0 Å². The van der Waals surface area contributed by atoms with Crippen molar-refractivity contribution in [2.75, 3.05) is 18.5 Å². The summed E-state index contributed by atoms with van der Waals surface area (Å²) in [5.74, 6) is 0.590. The summed E-state index contributed by atoms with van der Waals surface area (Å²) in [6.45, 7) is 0.251. The van der Waals surface area contributed by atoms with E-state index in [0.717, 1.165) is 30.5 Å². The highest BCUT2D eigenvalue weighted by molar-refractivity contribution is 5.95. The zero-order valence-electron chi connectivity index (χ0n) is 9.53. The molecule has 0 unspecified atom stereocenters. The third-order valence-electron chi connectivity index (χ3n) is 3.84. The van der Waals surface area contributed by atoms with Crippen molar-refractivity contribution < 1.29 is 14.6 Å². The van der Waals surface area contributed by atoms with Crippen LogP contribution in [-0.2, 0) is 10.2 Å². The third kappa shape index (κ3) is 1.60. The lowest BCUT2D eigenvalue weighted by molar-refractivity contribution is -0.118. The van der Waals surface area contributed by atoms with Gasteiger partial charge in [0.05, 0.1) is 12.3 Å². The Bertz CT molecular complexity index is 460. The highest BCUT2D eigenvalue weighted by atomic mass is 16.5. The lowest BCUT2D eigenvalue weighted by Crippen LogP contribution is -2.38. The zero-order valence-corrected chi connectivity index (χ0v) is 9.53. The molecule has 1 saturated carbocycles. The zero-order chi connectivity index (χ0) is 11.9. The van der Waals surface area contributed by atoms with Gasteiger partial charge in [-0.3, -0.25) is 4.79 Å². The van der Waals surface area contributed by atoms with Crippen LogP contribution in [0.1, 0.15) is 24.8 Å². The molecule has 0 atom stereocenters. The summed E-state index contributed by atoms with van der Waals surface area (Å²) in [6.07, 6.45) is 3.21. The van der Waals surface area contributed by atoms with Crippen LogP contribution in [-0.4, -0.2) is 24.2 Å². The number of carbonyl (C=O) groups excluding carboxylic acids is 1. The molecule has 1 aliphatic heterocycles. The van der Waals surface area contributed by atoms with Crippen LogP contribution in [0, 0.1) is 0 Å². The fraction of sp³-hybridized carbons (Fsp3) is 0.462. The molecule has 0 saturated heterocycles. The summed E-state index contributed by atoms with van der Waals surface area (Å²) in [5.41, 5.74) is 1.75. The summed E-state index contributed by atoms with van der Waals surface area (Å²) in [5, 5.41) is 12.3. The van der Waals surface area contributed by atoms with Crippen molar-refractivity contribution in [2.45, 2.75) is 24.7 Å². The number of amides is 1. The number of fused-ring (bicyclic) bond motifs is 1. The Kier molecular flexibility index (Phi) is 2.33. The molecule has 2 aliphatic rings. The molecule has 0 spiro atoms. The molecule has 1 aliphatic carbocycles. The van der Waals surface area contributed by atoms with Crippen LogP contribution in [0.4, 0.5) is 5.69 Å². The molecule has 2 N–H and O–H groups in total. The summed E-state index contributed by atoms with van der Waals surface area (Å²) in [4.78, 5) is 11.2. The SMILES string of the molecule is O=C1COc2cc(C3(CO)CCC3)ccc2N1. The van der Waals surface area contributed by atoms with Gasteiger partial charge in [-0.15, -0.1) is 0 Å². The van der Waals surface area contributed by atoms with E-state index in [1.54, 1.807) is 0 Å². The van der Waals surface area contributed by atoms with Crippen molar-refractivity contribution in [3.8, 4) is 5.75 Å². The largest absolute Gasteiger partial charge is 0.482 e. The molecule has 90 valence electrons. The normalized spacial score (nSPS) is 20.9. The Morgan fingerprint density at radius 2 is 2.24 bits per heavy atom. The molecular weight excluding hydrogens is 218 g/mol. The number of aliphatic hydroxyl groups is 1. The average molecular weight is 233 g/mol. The summed E-state index contributed by atoms with van der Waals surface area (Å²) in [6, 6.07) is 5.78. The first-order valence-electron chi connectivity index (χ1n) is 5.92. The molecule has 1 amide bonds. The Morgan fingerprint density at radius 1 is 1.41 bits per heavy atom. The van der Waals surface area contributed by atoms with Crippen LogP contribution in [0.3, 0.4) is 0 Å². The molecule has 4 nitrogen and oxygen atoms in total. The van der Waals surface area contributed by atoms with Crippen molar-refractivity contribution in [2.24, 2.45) is 0 Å². The lowest BCUT2D eigenvalue weighted by Gasteiger charge is -2.41. The van der Waals surface area contributed by atoms with E-state index in [1.165, 1.54) is 0 Å². The van der Waals surface area contributed by atoms with Gasteiger partial charge in [-0.1, -0.05) is 12.5 Å². The van der Waals surface area contributed by atoms with Crippen molar-refractivity contribution in [3.05, 3.63) is 23.8 Å². The minimum absolute atomic E-state index is 0.0720. The van der Waals surface area contributed by atoms with Gasteiger partial charge in [0, 0.05) is 5.41 Å². The minimum atomic E-state index is -0.120.